The predicted octanol–water partition coefficient (Wildman–Crippen LogP) is 3.51. The summed E-state index contributed by atoms with van der Waals surface area (Å²) in [6.07, 6.45) is 0. The zero-order valence-corrected chi connectivity index (χ0v) is 18.9. The molecule has 1 heterocycles. The van der Waals surface area contributed by atoms with Crippen molar-refractivity contribution in [2.24, 2.45) is 0 Å². The van der Waals surface area contributed by atoms with Gasteiger partial charge in [0.25, 0.3) is 11.5 Å². The van der Waals surface area contributed by atoms with Gasteiger partial charge in [0.15, 0.2) is 0 Å². The molecule has 1 aromatic heterocycles. The largest absolute Gasteiger partial charge is 0.352 e. The molecule has 0 fully saturated rings. The fourth-order valence-corrected chi connectivity index (χ4v) is 3.55. The molecule has 3 aromatic carbocycles. The smallest absolute Gasteiger partial charge is 0.336 e. The first-order valence-electron chi connectivity index (χ1n) is 10.4. The summed E-state index contributed by atoms with van der Waals surface area (Å²) in [6.45, 7) is 0.0928. The van der Waals surface area contributed by atoms with E-state index >= 15 is 0 Å². The van der Waals surface area contributed by atoms with E-state index in [1.54, 1.807) is 31.3 Å². The highest BCUT2D eigenvalue weighted by Gasteiger charge is 2.23. The summed E-state index contributed by atoms with van der Waals surface area (Å²) >= 11 is 5.96. The van der Waals surface area contributed by atoms with Crippen molar-refractivity contribution in [1.29, 1.82) is 0 Å². The first-order valence-corrected chi connectivity index (χ1v) is 10.8. The summed E-state index contributed by atoms with van der Waals surface area (Å²) in [5, 5.41) is 4.58. The van der Waals surface area contributed by atoms with Gasteiger partial charge >= 0.3 is 5.69 Å². The molecule has 172 valence electrons. The quantitative estimate of drug-likeness (QED) is 0.425. The Morgan fingerprint density at radius 1 is 0.941 bits per heavy atom. The van der Waals surface area contributed by atoms with Crippen molar-refractivity contribution in [3.63, 3.8) is 0 Å². The standard InChI is InChI=1S/C25H20ClFN4O3/c1-29(15-17-5-3-2-4-6-17)23(32)22-24(33)30(16-18-7-11-20(27)12-8-18)25(34)31(28-22)21-13-9-19(26)10-14-21/h2-14H,15-16H2,1H3. The third kappa shape index (κ3) is 4.97. The number of nitrogens with zero attached hydrogens (tertiary/aromatic N) is 4. The van der Waals surface area contributed by atoms with Crippen LogP contribution in [0.15, 0.2) is 88.5 Å². The number of aromatic nitrogens is 3. The molecule has 0 aliphatic rings. The van der Waals surface area contributed by atoms with Crippen molar-refractivity contribution in [3.8, 4) is 5.69 Å². The average Bonchev–Trinajstić information content (AvgIpc) is 2.84. The van der Waals surface area contributed by atoms with E-state index in [1.165, 1.54) is 29.2 Å². The Morgan fingerprint density at radius 3 is 2.24 bits per heavy atom. The molecule has 7 nitrogen and oxygen atoms in total. The molecule has 0 aliphatic heterocycles. The minimum absolute atomic E-state index is 0.156. The molecular formula is C25H20ClFN4O3. The highest BCUT2D eigenvalue weighted by molar-refractivity contribution is 6.30. The minimum atomic E-state index is -0.829. The molecule has 0 bridgehead atoms. The zero-order chi connectivity index (χ0) is 24.2. The van der Waals surface area contributed by atoms with E-state index in [1.807, 2.05) is 30.3 Å². The van der Waals surface area contributed by atoms with Crippen LogP contribution in [0.5, 0.6) is 0 Å². The summed E-state index contributed by atoms with van der Waals surface area (Å²) in [5.41, 5.74) is -0.248. The van der Waals surface area contributed by atoms with Gasteiger partial charge in [-0.25, -0.2) is 9.18 Å². The van der Waals surface area contributed by atoms with Crippen molar-refractivity contribution in [2.75, 3.05) is 7.05 Å². The fraction of sp³-hybridized carbons (Fsp3) is 0.120. The van der Waals surface area contributed by atoms with Gasteiger partial charge in [-0.3, -0.25) is 14.2 Å². The lowest BCUT2D eigenvalue weighted by Gasteiger charge is -2.18. The molecular weight excluding hydrogens is 459 g/mol. The third-order valence-corrected chi connectivity index (χ3v) is 5.45. The van der Waals surface area contributed by atoms with Crippen LogP contribution in [0, 0.1) is 5.82 Å². The molecule has 0 unspecified atom stereocenters. The summed E-state index contributed by atoms with van der Waals surface area (Å²) in [7, 11) is 1.55. The average molecular weight is 479 g/mol. The first-order chi connectivity index (χ1) is 16.3. The Labute approximate surface area is 199 Å². The number of halogens is 2. The molecule has 0 spiro atoms. The number of amides is 1. The SMILES string of the molecule is CN(Cc1ccccc1)C(=O)c1nn(-c2ccc(Cl)cc2)c(=O)n(Cc2ccc(F)cc2)c1=O. The number of carbonyl (C=O) groups excluding carboxylic acids is 1. The summed E-state index contributed by atoms with van der Waals surface area (Å²) in [4.78, 5) is 41.0. The highest BCUT2D eigenvalue weighted by atomic mass is 35.5. The molecule has 34 heavy (non-hydrogen) atoms. The van der Waals surface area contributed by atoms with Crippen molar-refractivity contribution < 1.29 is 9.18 Å². The minimum Gasteiger partial charge on any atom is -0.336 e. The van der Waals surface area contributed by atoms with E-state index in [2.05, 4.69) is 5.10 Å². The lowest BCUT2D eigenvalue weighted by atomic mass is 10.2. The van der Waals surface area contributed by atoms with E-state index in [4.69, 9.17) is 11.6 Å². The monoisotopic (exact) mass is 478 g/mol. The number of rotatable bonds is 6. The second-order valence-corrected chi connectivity index (χ2v) is 8.12. The number of hydrogen-bond donors (Lipinski definition) is 0. The second-order valence-electron chi connectivity index (χ2n) is 7.68. The number of hydrogen-bond acceptors (Lipinski definition) is 4. The molecule has 4 rings (SSSR count). The lowest BCUT2D eigenvalue weighted by molar-refractivity contribution is 0.0773. The second kappa shape index (κ2) is 9.84. The molecule has 9 heteroatoms. The van der Waals surface area contributed by atoms with Gasteiger partial charge in [0.2, 0.25) is 5.69 Å². The van der Waals surface area contributed by atoms with Gasteiger partial charge in [-0.2, -0.15) is 9.78 Å². The summed E-state index contributed by atoms with van der Waals surface area (Å²) in [6, 6.07) is 21.0. The maximum Gasteiger partial charge on any atom is 0.352 e. The van der Waals surface area contributed by atoms with Crippen LogP contribution in [0.1, 0.15) is 21.6 Å². The molecule has 0 N–H and O–H groups in total. The molecule has 0 saturated heterocycles. The number of benzene rings is 3. The van der Waals surface area contributed by atoms with Crippen LogP contribution in [-0.4, -0.2) is 32.2 Å². The Bertz CT molecular complexity index is 1430. The van der Waals surface area contributed by atoms with E-state index in [0.29, 0.717) is 16.3 Å². The normalized spacial score (nSPS) is 10.8. The van der Waals surface area contributed by atoms with Crippen LogP contribution in [0.4, 0.5) is 4.39 Å². The van der Waals surface area contributed by atoms with Crippen LogP contribution in [0.3, 0.4) is 0 Å². The Morgan fingerprint density at radius 2 is 1.59 bits per heavy atom. The fourth-order valence-electron chi connectivity index (χ4n) is 3.42. The summed E-state index contributed by atoms with van der Waals surface area (Å²) in [5.74, 6) is -1.08. The number of carbonyl (C=O) groups is 1. The van der Waals surface area contributed by atoms with Gasteiger partial charge in [0.05, 0.1) is 12.2 Å². The van der Waals surface area contributed by atoms with Crippen LogP contribution < -0.4 is 11.2 Å². The molecule has 1 amide bonds. The van der Waals surface area contributed by atoms with Gasteiger partial charge in [0, 0.05) is 18.6 Å². The molecule has 0 aliphatic carbocycles. The zero-order valence-electron chi connectivity index (χ0n) is 18.2. The lowest BCUT2D eigenvalue weighted by Crippen LogP contribution is -2.46. The Kier molecular flexibility index (Phi) is 6.70. The third-order valence-electron chi connectivity index (χ3n) is 5.20. The molecule has 4 aromatic rings. The maximum absolute atomic E-state index is 13.3. The van der Waals surface area contributed by atoms with Crippen molar-refractivity contribution in [3.05, 3.63) is 127 Å². The topological polar surface area (TPSA) is 77.2 Å². The Balaban J connectivity index is 1.81. The molecule has 0 radical (unpaired) electrons. The molecule has 0 atom stereocenters. The van der Waals surface area contributed by atoms with E-state index in [0.717, 1.165) is 14.8 Å². The van der Waals surface area contributed by atoms with E-state index in [9.17, 15) is 18.8 Å². The maximum atomic E-state index is 13.3. The van der Waals surface area contributed by atoms with Gasteiger partial charge < -0.3 is 4.90 Å². The van der Waals surface area contributed by atoms with Gasteiger partial charge in [-0.15, -0.1) is 0 Å². The van der Waals surface area contributed by atoms with E-state index < -0.39 is 28.7 Å². The van der Waals surface area contributed by atoms with Crippen LogP contribution in [0.2, 0.25) is 5.02 Å². The van der Waals surface area contributed by atoms with Gasteiger partial charge in [-0.1, -0.05) is 54.1 Å². The van der Waals surface area contributed by atoms with Gasteiger partial charge in [0.1, 0.15) is 5.82 Å². The van der Waals surface area contributed by atoms with Crippen molar-refractivity contribution in [1.82, 2.24) is 19.2 Å². The van der Waals surface area contributed by atoms with E-state index in [-0.39, 0.29) is 13.1 Å². The van der Waals surface area contributed by atoms with Crippen molar-refractivity contribution >= 4 is 17.5 Å². The first kappa shape index (κ1) is 23.1. The van der Waals surface area contributed by atoms with Crippen LogP contribution in [0.25, 0.3) is 5.69 Å². The summed E-state index contributed by atoms with van der Waals surface area (Å²) < 4.78 is 15.2. The predicted molar refractivity (Wildman–Crippen MR) is 127 cm³/mol. The van der Waals surface area contributed by atoms with Crippen LogP contribution in [-0.2, 0) is 13.1 Å². The van der Waals surface area contributed by atoms with Crippen LogP contribution >= 0.6 is 11.6 Å². The molecule has 0 saturated carbocycles. The van der Waals surface area contributed by atoms with Crippen molar-refractivity contribution in [2.45, 2.75) is 13.1 Å². The highest BCUT2D eigenvalue weighted by Crippen LogP contribution is 2.12. The Hall–Kier alpha value is -4.04. The van der Waals surface area contributed by atoms with Gasteiger partial charge in [-0.05, 0) is 47.5 Å².